The molecule has 0 fully saturated rings. The molecule has 1 rings (SSSR count). The minimum atomic E-state index is -1.91. The summed E-state index contributed by atoms with van der Waals surface area (Å²) in [4.78, 5) is 10.2. The molecule has 0 radical (unpaired) electrons. The third-order valence-corrected chi connectivity index (χ3v) is 1.64. The van der Waals surface area contributed by atoms with Crippen molar-refractivity contribution >= 4 is 17.6 Å². The van der Waals surface area contributed by atoms with Crippen molar-refractivity contribution in [1.82, 2.24) is 0 Å². The van der Waals surface area contributed by atoms with Crippen molar-refractivity contribution in [3.05, 3.63) is 23.1 Å². The van der Waals surface area contributed by atoms with Crippen LogP contribution in [0.25, 0.3) is 0 Å². The highest BCUT2D eigenvalue weighted by Crippen LogP contribution is 2.22. The van der Waals surface area contributed by atoms with Crippen molar-refractivity contribution in [2.75, 3.05) is 0 Å². The molecule has 5 nitrogen and oxygen atoms in total. The number of aliphatic hydroxyl groups excluding tert-OH is 2. The first kappa shape index (κ1) is 10.0. The average molecular weight is 207 g/mol. The Kier molecular flexibility index (Phi) is 2.92. The molecule has 0 aliphatic heterocycles. The summed E-state index contributed by atoms with van der Waals surface area (Å²) in [5.74, 6) is -1.61. The summed E-state index contributed by atoms with van der Waals surface area (Å²) >= 11 is 5.38. The summed E-state index contributed by atoms with van der Waals surface area (Å²) in [6.07, 6.45) is -3.52. The van der Waals surface area contributed by atoms with Crippen LogP contribution in [0.5, 0.6) is 0 Å². The fraction of sp³-hybridized carbons (Fsp3) is 0.286. The van der Waals surface area contributed by atoms with E-state index in [2.05, 4.69) is 0 Å². The molecular formula is C7H7ClO5. The topological polar surface area (TPSA) is 90.9 Å². The molecule has 0 aromatic carbocycles. The molecule has 1 heterocycles. The molecule has 0 saturated carbocycles. The van der Waals surface area contributed by atoms with Gasteiger partial charge in [-0.1, -0.05) is 0 Å². The Balaban J connectivity index is 2.78. The van der Waals surface area contributed by atoms with Crippen LogP contribution in [0.1, 0.15) is 11.9 Å². The van der Waals surface area contributed by atoms with Crippen LogP contribution in [0, 0.1) is 0 Å². The zero-order chi connectivity index (χ0) is 10.0. The van der Waals surface area contributed by atoms with Crippen LogP contribution in [0.3, 0.4) is 0 Å². The third kappa shape index (κ3) is 2.21. The number of carbonyl (C=O) groups is 1. The number of furan rings is 1. The maximum Gasteiger partial charge on any atom is 0.335 e. The molecule has 0 saturated heterocycles. The fourth-order valence-electron chi connectivity index (χ4n) is 0.778. The second-order valence-electron chi connectivity index (χ2n) is 2.37. The van der Waals surface area contributed by atoms with Gasteiger partial charge < -0.3 is 19.7 Å². The van der Waals surface area contributed by atoms with E-state index in [4.69, 9.17) is 26.2 Å². The van der Waals surface area contributed by atoms with Crippen LogP contribution in [0.15, 0.2) is 16.5 Å². The van der Waals surface area contributed by atoms with Gasteiger partial charge in [-0.15, -0.1) is 0 Å². The van der Waals surface area contributed by atoms with E-state index in [1.54, 1.807) is 0 Å². The van der Waals surface area contributed by atoms with E-state index >= 15 is 0 Å². The summed E-state index contributed by atoms with van der Waals surface area (Å²) < 4.78 is 4.71. The summed E-state index contributed by atoms with van der Waals surface area (Å²) in [6.45, 7) is 0. The Labute approximate surface area is 78.2 Å². The first-order valence-electron chi connectivity index (χ1n) is 3.36. The summed E-state index contributed by atoms with van der Waals surface area (Å²) in [7, 11) is 0. The van der Waals surface area contributed by atoms with E-state index in [1.807, 2.05) is 0 Å². The minimum absolute atomic E-state index is 0.0200. The SMILES string of the molecule is O=C(O)C(O)C(O)c1ccc(Cl)o1. The maximum atomic E-state index is 10.2. The lowest BCUT2D eigenvalue weighted by molar-refractivity contribution is -0.153. The second kappa shape index (κ2) is 3.78. The van der Waals surface area contributed by atoms with Gasteiger partial charge >= 0.3 is 5.97 Å². The Morgan fingerprint density at radius 3 is 2.46 bits per heavy atom. The number of carboxylic acid groups (broad SMARTS) is 1. The molecule has 72 valence electrons. The number of halogens is 1. The fourth-order valence-corrected chi connectivity index (χ4v) is 0.930. The van der Waals surface area contributed by atoms with Gasteiger partial charge in [-0.05, 0) is 23.7 Å². The molecule has 6 heteroatoms. The quantitative estimate of drug-likeness (QED) is 0.667. The highest BCUT2D eigenvalue weighted by molar-refractivity contribution is 6.28. The molecule has 3 N–H and O–H groups in total. The highest BCUT2D eigenvalue weighted by atomic mass is 35.5. The average Bonchev–Trinajstić information content (AvgIpc) is 2.49. The first-order chi connectivity index (χ1) is 6.02. The molecular weight excluding hydrogens is 200 g/mol. The number of hydrogen-bond donors (Lipinski definition) is 3. The van der Waals surface area contributed by atoms with Crippen molar-refractivity contribution in [3.63, 3.8) is 0 Å². The number of aliphatic hydroxyl groups is 2. The van der Waals surface area contributed by atoms with E-state index < -0.39 is 18.2 Å². The van der Waals surface area contributed by atoms with Gasteiger partial charge in [-0.3, -0.25) is 0 Å². The van der Waals surface area contributed by atoms with E-state index in [0.717, 1.165) is 0 Å². The highest BCUT2D eigenvalue weighted by Gasteiger charge is 2.27. The molecule has 2 unspecified atom stereocenters. The van der Waals surface area contributed by atoms with Crippen molar-refractivity contribution in [3.8, 4) is 0 Å². The van der Waals surface area contributed by atoms with Crippen molar-refractivity contribution in [1.29, 1.82) is 0 Å². The maximum absolute atomic E-state index is 10.2. The van der Waals surface area contributed by atoms with Crippen LogP contribution >= 0.6 is 11.6 Å². The van der Waals surface area contributed by atoms with Crippen LogP contribution in [-0.2, 0) is 4.79 Å². The van der Waals surface area contributed by atoms with E-state index in [0.29, 0.717) is 0 Å². The molecule has 0 aliphatic rings. The Bertz CT molecular complexity index is 308. The molecule has 0 amide bonds. The normalized spacial score (nSPS) is 15.3. The zero-order valence-corrected chi connectivity index (χ0v) is 7.10. The van der Waals surface area contributed by atoms with Gasteiger partial charge in [0.15, 0.2) is 11.3 Å². The van der Waals surface area contributed by atoms with E-state index in [1.165, 1.54) is 12.1 Å². The van der Waals surface area contributed by atoms with Gasteiger partial charge in [0.05, 0.1) is 0 Å². The van der Waals surface area contributed by atoms with Crippen molar-refractivity contribution < 1.29 is 24.5 Å². The third-order valence-electron chi connectivity index (χ3n) is 1.44. The smallest absolute Gasteiger partial charge is 0.335 e. The van der Waals surface area contributed by atoms with Crippen LogP contribution in [0.2, 0.25) is 5.22 Å². The number of hydrogen-bond acceptors (Lipinski definition) is 4. The Morgan fingerprint density at radius 2 is 2.08 bits per heavy atom. The van der Waals surface area contributed by atoms with Gasteiger partial charge in [-0.2, -0.15) is 0 Å². The predicted octanol–water partition coefficient (Wildman–Crippen LogP) is 0.412. The molecule has 2 atom stereocenters. The number of rotatable bonds is 3. The van der Waals surface area contributed by atoms with E-state index in [9.17, 15) is 9.90 Å². The van der Waals surface area contributed by atoms with Crippen molar-refractivity contribution in [2.45, 2.75) is 12.2 Å². The Hall–Kier alpha value is -1.04. The van der Waals surface area contributed by atoms with Gasteiger partial charge in [-0.25, -0.2) is 4.79 Å². The lowest BCUT2D eigenvalue weighted by Crippen LogP contribution is -2.27. The first-order valence-corrected chi connectivity index (χ1v) is 3.74. The predicted molar refractivity (Wildman–Crippen MR) is 42.3 cm³/mol. The van der Waals surface area contributed by atoms with Gasteiger partial charge in [0.2, 0.25) is 0 Å². The molecule has 0 bridgehead atoms. The van der Waals surface area contributed by atoms with Gasteiger partial charge in [0.1, 0.15) is 11.9 Å². The van der Waals surface area contributed by atoms with Gasteiger partial charge in [0, 0.05) is 0 Å². The van der Waals surface area contributed by atoms with Crippen LogP contribution in [-0.4, -0.2) is 27.4 Å². The van der Waals surface area contributed by atoms with Crippen LogP contribution in [0.4, 0.5) is 0 Å². The number of carboxylic acids is 1. The number of aliphatic carboxylic acids is 1. The molecule has 1 aromatic heterocycles. The summed E-state index contributed by atoms with van der Waals surface area (Å²) in [5.41, 5.74) is 0. The second-order valence-corrected chi connectivity index (χ2v) is 2.74. The van der Waals surface area contributed by atoms with Crippen molar-refractivity contribution in [2.24, 2.45) is 0 Å². The molecule has 0 spiro atoms. The van der Waals surface area contributed by atoms with E-state index in [-0.39, 0.29) is 11.0 Å². The standard InChI is InChI=1S/C7H7ClO5/c8-4-2-1-3(13-4)5(9)6(10)7(11)12/h1-2,5-6,9-10H,(H,11,12). The molecule has 13 heavy (non-hydrogen) atoms. The molecule has 0 aliphatic carbocycles. The molecule has 1 aromatic rings. The summed E-state index contributed by atoms with van der Waals surface area (Å²) in [5, 5.41) is 26.5. The lowest BCUT2D eigenvalue weighted by atomic mass is 10.1. The zero-order valence-electron chi connectivity index (χ0n) is 6.35. The Morgan fingerprint density at radius 1 is 1.46 bits per heavy atom. The minimum Gasteiger partial charge on any atom is -0.479 e. The largest absolute Gasteiger partial charge is 0.479 e. The summed E-state index contributed by atoms with van der Waals surface area (Å²) in [6, 6.07) is 2.63. The van der Waals surface area contributed by atoms with Gasteiger partial charge in [0.25, 0.3) is 0 Å². The lowest BCUT2D eigenvalue weighted by Gasteiger charge is -2.10. The monoisotopic (exact) mass is 206 g/mol. The van der Waals surface area contributed by atoms with Crippen LogP contribution < -0.4 is 0 Å².